The van der Waals surface area contributed by atoms with Gasteiger partial charge in [0.1, 0.15) is 0 Å². The molecule has 72 valence electrons. The fourth-order valence-electron chi connectivity index (χ4n) is 0.890. The third-order valence-corrected chi connectivity index (χ3v) is 1.53. The molecule has 0 aromatic heterocycles. The van der Waals surface area contributed by atoms with Gasteiger partial charge in [0.05, 0.1) is 11.4 Å². The summed E-state index contributed by atoms with van der Waals surface area (Å²) in [5.41, 5.74) is 1.72. The van der Waals surface area contributed by atoms with Gasteiger partial charge in [-0.3, -0.25) is 0 Å². The van der Waals surface area contributed by atoms with Crippen LogP contribution in [-0.2, 0) is 9.59 Å². The van der Waals surface area contributed by atoms with Crippen molar-refractivity contribution in [2.75, 3.05) is 0 Å². The summed E-state index contributed by atoms with van der Waals surface area (Å²) in [5, 5.41) is 0. The van der Waals surface area contributed by atoms with Gasteiger partial charge in [-0.15, -0.1) is 0 Å². The van der Waals surface area contributed by atoms with E-state index in [1.165, 1.54) is 18.2 Å². The van der Waals surface area contributed by atoms with Crippen LogP contribution in [0.25, 0.3) is 0 Å². The van der Waals surface area contributed by atoms with Crippen molar-refractivity contribution < 1.29 is 44.6 Å². The van der Waals surface area contributed by atoms with Gasteiger partial charge in [0.25, 0.3) is 0 Å². The van der Waals surface area contributed by atoms with Crippen LogP contribution in [0, 0.1) is 6.92 Å². The smallest absolute Gasteiger partial charge is 0.870 e. The van der Waals surface area contributed by atoms with Crippen molar-refractivity contribution in [1.82, 2.24) is 0 Å². The van der Waals surface area contributed by atoms with E-state index >= 15 is 0 Å². The van der Waals surface area contributed by atoms with Crippen LogP contribution in [0.4, 0.5) is 11.4 Å². The number of benzene rings is 1. The number of hydrogen-bond acceptors (Lipinski definition) is 5. The topological polar surface area (TPSA) is 88.9 Å². The average Bonchev–Trinajstić information content (AvgIpc) is 2.12. The Morgan fingerprint density at radius 1 is 1.13 bits per heavy atom. The minimum atomic E-state index is 0. The Labute approximate surface area is 109 Å². The van der Waals surface area contributed by atoms with E-state index in [-0.39, 0.29) is 35.0 Å². The summed E-state index contributed by atoms with van der Waals surface area (Å²) in [6.45, 7) is 1.80. The molecule has 1 rings (SSSR count). The van der Waals surface area contributed by atoms with Crippen molar-refractivity contribution in [3.8, 4) is 0 Å². The molecule has 1 aromatic rings. The number of nitrogens with zero attached hydrogens (tertiary/aromatic N) is 2. The second kappa shape index (κ2) is 8.26. The Morgan fingerprint density at radius 3 is 2.27 bits per heavy atom. The third kappa shape index (κ3) is 4.81. The monoisotopic (exact) mass is 214 g/mol. The van der Waals surface area contributed by atoms with Crippen molar-refractivity contribution in [2.24, 2.45) is 9.98 Å². The fraction of sp³-hybridized carbons (Fsp3) is 0.111. The number of aliphatic imine (C=N–C) groups is 2. The molecule has 5 nitrogen and oxygen atoms in total. The quantitative estimate of drug-likeness (QED) is 0.350. The molecule has 0 spiro atoms. The molecule has 0 heterocycles. The Morgan fingerprint density at radius 2 is 1.73 bits per heavy atom. The van der Waals surface area contributed by atoms with Crippen LogP contribution < -0.4 is 29.6 Å². The van der Waals surface area contributed by atoms with Crippen LogP contribution >= 0.6 is 0 Å². The van der Waals surface area contributed by atoms with Crippen LogP contribution in [-0.4, -0.2) is 17.6 Å². The molecule has 0 aliphatic carbocycles. The van der Waals surface area contributed by atoms with E-state index < -0.39 is 0 Å². The molecular formula is C9H7N2NaO3. The summed E-state index contributed by atoms with van der Waals surface area (Å²) in [6.07, 6.45) is 2.84. The summed E-state index contributed by atoms with van der Waals surface area (Å²) in [5.74, 6) is 0. The van der Waals surface area contributed by atoms with Crippen molar-refractivity contribution in [3.05, 3.63) is 23.8 Å². The van der Waals surface area contributed by atoms with E-state index in [1.54, 1.807) is 19.1 Å². The van der Waals surface area contributed by atoms with Gasteiger partial charge in [0, 0.05) is 0 Å². The molecule has 0 saturated heterocycles. The number of carbonyl (C=O) groups excluding carboxylic acids is 2. The molecule has 1 aromatic carbocycles. The first-order valence-corrected chi connectivity index (χ1v) is 3.54. The molecule has 6 heteroatoms. The molecule has 0 aliphatic heterocycles. The van der Waals surface area contributed by atoms with Crippen LogP contribution in [0.15, 0.2) is 28.2 Å². The van der Waals surface area contributed by atoms with Crippen LogP contribution in [0.1, 0.15) is 5.56 Å². The van der Waals surface area contributed by atoms with Crippen LogP contribution in [0.3, 0.4) is 0 Å². The van der Waals surface area contributed by atoms with Gasteiger partial charge in [0.2, 0.25) is 12.2 Å². The van der Waals surface area contributed by atoms with Crippen molar-refractivity contribution in [1.29, 1.82) is 0 Å². The second-order valence-electron chi connectivity index (χ2n) is 2.38. The first-order valence-electron chi connectivity index (χ1n) is 3.54. The van der Waals surface area contributed by atoms with E-state index in [9.17, 15) is 9.59 Å². The van der Waals surface area contributed by atoms with E-state index in [1.807, 2.05) is 0 Å². The zero-order valence-electron chi connectivity index (χ0n) is 8.39. The third-order valence-electron chi connectivity index (χ3n) is 1.53. The Hall–Kier alpha value is -1.06. The maximum absolute atomic E-state index is 10.00. The van der Waals surface area contributed by atoms with Gasteiger partial charge >= 0.3 is 29.6 Å². The molecule has 0 aliphatic rings. The van der Waals surface area contributed by atoms with Crippen molar-refractivity contribution in [2.45, 2.75) is 6.92 Å². The molecule has 0 unspecified atom stereocenters. The number of aryl methyl sites for hydroxylation is 1. The van der Waals surface area contributed by atoms with E-state index in [0.717, 1.165) is 5.56 Å². The molecule has 0 fully saturated rings. The Bertz CT molecular complexity index is 421. The SMILES string of the molecule is Cc1ccc(N=C=O)cc1N=C=O.[Na+].[OH-]. The maximum atomic E-state index is 10.00. The molecular weight excluding hydrogens is 207 g/mol. The predicted octanol–water partition coefficient (Wildman–Crippen LogP) is -1.24. The van der Waals surface area contributed by atoms with Crippen LogP contribution in [0.5, 0.6) is 0 Å². The summed E-state index contributed by atoms with van der Waals surface area (Å²) >= 11 is 0. The molecule has 0 radical (unpaired) electrons. The van der Waals surface area contributed by atoms with E-state index in [4.69, 9.17) is 0 Å². The minimum Gasteiger partial charge on any atom is -0.870 e. The molecule has 0 bridgehead atoms. The predicted molar refractivity (Wildman–Crippen MR) is 48.7 cm³/mol. The van der Waals surface area contributed by atoms with Crippen LogP contribution in [0.2, 0.25) is 0 Å². The largest absolute Gasteiger partial charge is 1.00 e. The van der Waals surface area contributed by atoms with E-state index in [0.29, 0.717) is 11.4 Å². The Balaban J connectivity index is 0. The summed E-state index contributed by atoms with van der Waals surface area (Å²) in [6, 6.07) is 4.88. The minimum absolute atomic E-state index is 0. The van der Waals surface area contributed by atoms with Gasteiger partial charge in [-0.2, -0.15) is 9.98 Å². The molecule has 15 heavy (non-hydrogen) atoms. The number of hydrogen-bond donors (Lipinski definition) is 0. The number of isocyanates is 2. The summed E-state index contributed by atoms with van der Waals surface area (Å²) in [7, 11) is 0. The first-order chi connectivity index (χ1) is 6.27. The second-order valence-corrected chi connectivity index (χ2v) is 2.38. The standard InChI is InChI=1S/C9H6N2O2.Na.H2O/c1-7-2-3-8(10-5-12)4-9(7)11-6-13;;/h2-4H,1H3;;1H2/q;+1;/p-1. The first kappa shape index (κ1) is 16.4. The molecule has 0 amide bonds. The van der Waals surface area contributed by atoms with Gasteiger partial charge in [-0.25, -0.2) is 9.59 Å². The normalized spacial score (nSPS) is 7.27. The van der Waals surface area contributed by atoms with Gasteiger partial charge in [0.15, 0.2) is 0 Å². The van der Waals surface area contributed by atoms with Crippen molar-refractivity contribution >= 4 is 23.5 Å². The zero-order valence-corrected chi connectivity index (χ0v) is 10.4. The molecule has 1 N–H and O–H groups in total. The summed E-state index contributed by atoms with van der Waals surface area (Å²) in [4.78, 5) is 26.8. The zero-order chi connectivity index (χ0) is 9.68. The fourth-order valence-corrected chi connectivity index (χ4v) is 0.890. The summed E-state index contributed by atoms with van der Waals surface area (Å²) < 4.78 is 0. The molecule has 0 atom stereocenters. The average molecular weight is 214 g/mol. The Kier molecular flexibility index (Phi) is 9.02. The van der Waals surface area contributed by atoms with Gasteiger partial charge < -0.3 is 5.48 Å². The van der Waals surface area contributed by atoms with Gasteiger partial charge in [-0.1, -0.05) is 6.07 Å². The van der Waals surface area contributed by atoms with E-state index in [2.05, 4.69) is 9.98 Å². The maximum Gasteiger partial charge on any atom is 1.00 e. The molecule has 0 saturated carbocycles. The number of rotatable bonds is 2. The van der Waals surface area contributed by atoms with Gasteiger partial charge in [-0.05, 0) is 24.6 Å². The van der Waals surface area contributed by atoms with Crippen molar-refractivity contribution in [3.63, 3.8) is 0 Å².